The normalized spacial score (nSPS) is 21.2. The highest BCUT2D eigenvalue weighted by atomic mass is 19.1. The van der Waals surface area contributed by atoms with Crippen LogP contribution in [0.15, 0.2) is 54.1 Å². The lowest BCUT2D eigenvalue weighted by molar-refractivity contribution is -0.140. The maximum absolute atomic E-state index is 14.8. The van der Waals surface area contributed by atoms with Gasteiger partial charge in [0.15, 0.2) is 0 Å². The number of hydrogen-bond acceptors (Lipinski definition) is 6. The van der Waals surface area contributed by atoms with E-state index in [0.29, 0.717) is 17.9 Å². The summed E-state index contributed by atoms with van der Waals surface area (Å²) in [5.74, 6) is -1.82. The Kier molecular flexibility index (Phi) is 6.53. The zero-order chi connectivity index (χ0) is 22.7. The Morgan fingerprint density at radius 2 is 1.78 bits per heavy atom. The molecule has 2 aromatic rings. The van der Waals surface area contributed by atoms with Gasteiger partial charge in [0.25, 0.3) is 11.7 Å². The van der Waals surface area contributed by atoms with E-state index in [4.69, 9.17) is 4.74 Å². The van der Waals surface area contributed by atoms with E-state index in [0.717, 1.165) is 26.2 Å². The summed E-state index contributed by atoms with van der Waals surface area (Å²) in [4.78, 5) is 29.6. The van der Waals surface area contributed by atoms with Gasteiger partial charge >= 0.3 is 0 Å². The zero-order valence-corrected chi connectivity index (χ0v) is 17.9. The van der Waals surface area contributed by atoms with Gasteiger partial charge in [-0.15, -0.1) is 0 Å². The van der Waals surface area contributed by atoms with Gasteiger partial charge in [-0.25, -0.2) is 4.39 Å². The van der Waals surface area contributed by atoms with Gasteiger partial charge in [0.05, 0.1) is 18.7 Å². The first-order valence-electron chi connectivity index (χ1n) is 10.6. The van der Waals surface area contributed by atoms with E-state index in [1.807, 2.05) is 0 Å². The Morgan fingerprint density at radius 3 is 2.44 bits per heavy atom. The Hall–Kier alpha value is -3.23. The molecule has 0 unspecified atom stereocenters. The molecule has 2 fully saturated rings. The quantitative estimate of drug-likeness (QED) is 0.408. The minimum atomic E-state index is -0.999. The fourth-order valence-electron chi connectivity index (χ4n) is 4.22. The van der Waals surface area contributed by atoms with Crippen LogP contribution in [0.5, 0.6) is 5.75 Å². The number of nitrogens with zero attached hydrogens (tertiary/aromatic N) is 2. The highest BCUT2D eigenvalue weighted by Gasteiger charge is 2.46. The second-order valence-corrected chi connectivity index (χ2v) is 7.83. The van der Waals surface area contributed by atoms with Gasteiger partial charge in [-0.3, -0.25) is 14.5 Å². The van der Waals surface area contributed by atoms with Crippen molar-refractivity contribution in [1.29, 1.82) is 0 Å². The molecular formula is C24H26FN3O4. The van der Waals surface area contributed by atoms with Crippen LogP contribution in [0.3, 0.4) is 0 Å². The van der Waals surface area contributed by atoms with Gasteiger partial charge in [0, 0.05) is 50.4 Å². The second-order valence-electron chi connectivity index (χ2n) is 7.83. The molecule has 0 spiro atoms. The Bertz CT molecular complexity index is 1030. The number of carbonyl (C=O) groups is 2. The summed E-state index contributed by atoms with van der Waals surface area (Å²) in [5.41, 5.74) is 0.430. The first-order chi connectivity index (χ1) is 15.5. The van der Waals surface area contributed by atoms with Gasteiger partial charge in [-0.1, -0.05) is 18.2 Å². The van der Waals surface area contributed by atoms with E-state index in [9.17, 15) is 19.1 Å². The van der Waals surface area contributed by atoms with Crippen LogP contribution in [0.2, 0.25) is 0 Å². The van der Waals surface area contributed by atoms with E-state index in [2.05, 4.69) is 10.2 Å². The Labute approximate surface area is 186 Å². The molecule has 7 nitrogen and oxygen atoms in total. The summed E-state index contributed by atoms with van der Waals surface area (Å²) in [6.45, 7) is 4.19. The molecule has 0 radical (unpaired) electrons. The van der Waals surface area contributed by atoms with Crippen LogP contribution in [0.25, 0.3) is 5.76 Å². The second kappa shape index (κ2) is 9.50. The van der Waals surface area contributed by atoms with Crippen LogP contribution in [-0.2, 0) is 9.59 Å². The molecule has 2 saturated heterocycles. The van der Waals surface area contributed by atoms with E-state index in [1.165, 1.54) is 18.1 Å². The lowest BCUT2D eigenvalue weighted by Gasteiger charge is -2.31. The fourth-order valence-corrected chi connectivity index (χ4v) is 4.22. The van der Waals surface area contributed by atoms with Crippen molar-refractivity contribution in [3.63, 3.8) is 0 Å². The maximum Gasteiger partial charge on any atom is 0.295 e. The molecular weight excluding hydrogens is 413 g/mol. The van der Waals surface area contributed by atoms with Gasteiger partial charge in [0.1, 0.15) is 17.3 Å². The first-order valence-corrected chi connectivity index (χ1v) is 10.6. The van der Waals surface area contributed by atoms with Gasteiger partial charge in [0.2, 0.25) is 0 Å². The highest BCUT2D eigenvalue weighted by Crippen LogP contribution is 2.40. The number of aliphatic hydroxyl groups excluding tert-OH is 1. The topological polar surface area (TPSA) is 82.1 Å². The number of methoxy groups -OCH3 is 1. The number of halogens is 1. The molecule has 1 atom stereocenters. The van der Waals surface area contributed by atoms with Crippen molar-refractivity contribution in [3.8, 4) is 5.75 Å². The van der Waals surface area contributed by atoms with Crippen LogP contribution in [0.1, 0.15) is 17.2 Å². The SMILES string of the molecule is COc1ccc(C(O)=C2C(=O)C(=O)N(CCN3CCNCC3)[C@H]2c2ccccc2F)cc1. The number of likely N-dealkylation sites (tertiary alicyclic amines) is 1. The summed E-state index contributed by atoms with van der Waals surface area (Å²) in [5, 5.41) is 14.3. The number of aliphatic hydroxyl groups is 1. The molecule has 2 aromatic carbocycles. The summed E-state index contributed by atoms with van der Waals surface area (Å²) in [6.07, 6.45) is 0. The number of hydrogen-bond donors (Lipinski definition) is 2. The van der Waals surface area contributed by atoms with E-state index < -0.39 is 23.5 Å². The lowest BCUT2D eigenvalue weighted by atomic mass is 9.95. The Balaban J connectivity index is 1.74. The minimum Gasteiger partial charge on any atom is -0.507 e. The maximum atomic E-state index is 14.8. The fraction of sp³-hybridized carbons (Fsp3) is 0.333. The third-order valence-corrected chi connectivity index (χ3v) is 5.97. The predicted molar refractivity (Wildman–Crippen MR) is 118 cm³/mol. The van der Waals surface area contributed by atoms with Gasteiger partial charge < -0.3 is 20.1 Å². The van der Waals surface area contributed by atoms with Crippen LogP contribution in [0, 0.1) is 5.82 Å². The number of amides is 1. The van der Waals surface area contributed by atoms with E-state index in [-0.39, 0.29) is 23.4 Å². The lowest BCUT2D eigenvalue weighted by Crippen LogP contribution is -2.46. The standard InChI is InChI=1S/C24H26FN3O4/c1-32-17-8-6-16(7-9-17)22(29)20-21(18-4-2-3-5-19(18)25)28(24(31)23(20)30)15-14-27-12-10-26-11-13-27/h2-9,21,26,29H,10-15H2,1H3/t21-/m0/s1. The smallest absolute Gasteiger partial charge is 0.295 e. The number of ether oxygens (including phenoxy) is 1. The molecule has 0 saturated carbocycles. The van der Waals surface area contributed by atoms with Crippen molar-refractivity contribution in [2.75, 3.05) is 46.4 Å². The molecule has 0 bridgehead atoms. The average molecular weight is 439 g/mol. The molecule has 0 aliphatic carbocycles. The average Bonchev–Trinajstić information content (AvgIpc) is 3.08. The molecule has 4 rings (SSSR count). The van der Waals surface area contributed by atoms with Crippen molar-refractivity contribution >= 4 is 17.4 Å². The van der Waals surface area contributed by atoms with Gasteiger partial charge in [-0.05, 0) is 30.3 Å². The van der Waals surface area contributed by atoms with E-state index in [1.54, 1.807) is 42.5 Å². The van der Waals surface area contributed by atoms with Gasteiger partial charge in [-0.2, -0.15) is 0 Å². The third-order valence-electron chi connectivity index (χ3n) is 5.97. The molecule has 1 amide bonds. The molecule has 8 heteroatoms. The number of ketones is 1. The van der Waals surface area contributed by atoms with Crippen molar-refractivity contribution < 1.29 is 23.8 Å². The number of piperazine rings is 1. The van der Waals surface area contributed by atoms with Crippen LogP contribution in [-0.4, -0.2) is 73.0 Å². The third kappa shape index (κ3) is 4.24. The molecule has 168 valence electrons. The molecule has 2 N–H and O–H groups in total. The Morgan fingerprint density at radius 1 is 1.09 bits per heavy atom. The van der Waals surface area contributed by atoms with Crippen molar-refractivity contribution in [1.82, 2.24) is 15.1 Å². The van der Waals surface area contributed by atoms with E-state index >= 15 is 0 Å². The predicted octanol–water partition coefficient (Wildman–Crippen LogP) is 2.16. The zero-order valence-electron chi connectivity index (χ0n) is 17.9. The number of nitrogens with one attached hydrogen (secondary N) is 1. The van der Waals surface area contributed by atoms with Crippen LogP contribution >= 0.6 is 0 Å². The molecule has 2 aliphatic heterocycles. The summed E-state index contributed by atoms with van der Waals surface area (Å²) in [6, 6.07) is 11.5. The molecule has 2 aliphatic rings. The molecule has 2 heterocycles. The summed E-state index contributed by atoms with van der Waals surface area (Å²) in [7, 11) is 1.52. The number of benzene rings is 2. The molecule has 0 aromatic heterocycles. The van der Waals surface area contributed by atoms with Crippen molar-refractivity contribution in [2.45, 2.75) is 6.04 Å². The van der Waals surface area contributed by atoms with Crippen LogP contribution < -0.4 is 10.1 Å². The molecule has 32 heavy (non-hydrogen) atoms. The van der Waals surface area contributed by atoms with Crippen molar-refractivity contribution in [3.05, 3.63) is 71.0 Å². The number of rotatable bonds is 6. The minimum absolute atomic E-state index is 0.106. The summed E-state index contributed by atoms with van der Waals surface area (Å²) < 4.78 is 20.0. The van der Waals surface area contributed by atoms with Crippen LogP contribution in [0.4, 0.5) is 4.39 Å². The van der Waals surface area contributed by atoms with Crippen molar-refractivity contribution in [2.24, 2.45) is 0 Å². The highest BCUT2D eigenvalue weighted by molar-refractivity contribution is 6.46. The number of carbonyl (C=O) groups excluding carboxylic acids is 2. The first kappa shape index (κ1) is 22.0. The number of Topliss-reactive ketones (excluding diaryl/α,β-unsaturated/α-hetero) is 1. The largest absolute Gasteiger partial charge is 0.507 e. The monoisotopic (exact) mass is 439 g/mol. The summed E-state index contributed by atoms with van der Waals surface area (Å²) >= 11 is 0.